The molecular weight excluding hydrogens is 372 g/mol. The summed E-state index contributed by atoms with van der Waals surface area (Å²) in [6.07, 6.45) is 5.71. The summed E-state index contributed by atoms with van der Waals surface area (Å²) in [6, 6.07) is 17.2. The third-order valence-electron chi connectivity index (χ3n) is 7.27. The van der Waals surface area contributed by atoms with Crippen molar-refractivity contribution in [3.63, 3.8) is 0 Å². The van der Waals surface area contributed by atoms with Gasteiger partial charge < -0.3 is 10.2 Å². The molecule has 2 aromatic rings. The molecule has 4 heteroatoms. The summed E-state index contributed by atoms with van der Waals surface area (Å²) in [4.78, 5) is 27.4. The van der Waals surface area contributed by atoms with Crippen LogP contribution in [-0.2, 0) is 29.1 Å². The van der Waals surface area contributed by atoms with Crippen molar-refractivity contribution in [2.75, 3.05) is 11.4 Å². The van der Waals surface area contributed by atoms with E-state index >= 15 is 0 Å². The zero-order valence-corrected chi connectivity index (χ0v) is 17.5. The summed E-state index contributed by atoms with van der Waals surface area (Å²) >= 11 is 0. The normalized spacial score (nSPS) is 25.1. The molecule has 2 bridgehead atoms. The quantitative estimate of drug-likeness (QED) is 0.813. The molecule has 0 saturated heterocycles. The first-order valence-electron chi connectivity index (χ1n) is 11.4. The highest BCUT2D eigenvalue weighted by Crippen LogP contribution is 2.40. The molecule has 1 N–H and O–H groups in total. The van der Waals surface area contributed by atoms with Crippen LogP contribution in [-0.4, -0.2) is 18.2 Å². The number of para-hydroxylation sites is 1. The lowest BCUT2D eigenvalue weighted by atomic mass is 9.67. The average molecular weight is 403 g/mol. The Kier molecular flexibility index (Phi) is 5.32. The first-order valence-corrected chi connectivity index (χ1v) is 11.4. The highest BCUT2D eigenvalue weighted by Gasteiger charge is 2.41. The molecule has 156 valence electrons. The van der Waals surface area contributed by atoms with E-state index in [1.54, 1.807) is 0 Å². The Bertz CT molecular complexity index is 920. The van der Waals surface area contributed by atoms with Crippen molar-refractivity contribution < 1.29 is 9.59 Å². The molecule has 2 unspecified atom stereocenters. The van der Waals surface area contributed by atoms with Crippen LogP contribution in [0.3, 0.4) is 0 Å². The minimum atomic E-state index is 0.00695. The topological polar surface area (TPSA) is 49.4 Å². The molecule has 2 atom stereocenters. The lowest BCUT2D eigenvalue weighted by Crippen LogP contribution is -2.42. The van der Waals surface area contributed by atoms with Gasteiger partial charge in [-0.15, -0.1) is 0 Å². The number of carbonyl (C=O) groups excluding carboxylic acids is 2. The SMILES string of the molecule is O=C(NCc1ccc(CN2CCc3ccccc32)cc1)C1CC2CCCC(C1)C2=O. The lowest BCUT2D eigenvalue weighted by molar-refractivity contribution is -0.137. The number of rotatable bonds is 5. The van der Waals surface area contributed by atoms with Crippen LogP contribution in [0.5, 0.6) is 0 Å². The first kappa shape index (κ1) is 19.3. The molecular formula is C26H30N2O2. The van der Waals surface area contributed by atoms with Gasteiger partial charge in [-0.25, -0.2) is 0 Å². The van der Waals surface area contributed by atoms with Gasteiger partial charge in [0.1, 0.15) is 5.78 Å². The number of nitrogens with zero attached hydrogens (tertiary/aromatic N) is 1. The van der Waals surface area contributed by atoms with Gasteiger partial charge in [-0.3, -0.25) is 9.59 Å². The predicted molar refractivity (Wildman–Crippen MR) is 118 cm³/mol. The summed E-state index contributed by atoms with van der Waals surface area (Å²) in [5.41, 5.74) is 5.20. The van der Waals surface area contributed by atoms with Crippen molar-refractivity contribution in [3.05, 3.63) is 65.2 Å². The van der Waals surface area contributed by atoms with E-state index in [2.05, 4.69) is 58.7 Å². The number of anilines is 1. The number of nitrogens with one attached hydrogen (secondary N) is 1. The zero-order valence-electron chi connectivity index (χ0n) is 17.5. The molecule has 1 amide bonds. The Morgan fingerprint density at radius 3 is 2.43 bits per heavy atom. The van der Waals surface area contributed by atoms with Crippen LogP contribution in [0.4, 0.5) is 5.69 Å². The number of benzene rings is 2. The van der Waals surface area contributed by atoms with Gasteiger partial charge in [-0.05, 0) is 54.9 Å². The van der Waals surface area contributed by atoms with Crippen LogP contribution in [0.15, 0.2) is 48.5 Å². The maximum Gasteiger partial charge on any atom is 0.223 e. The number of ketones is 1. The average Bonchev–Trinajstić information content (AvgIpc) is 3.16. The van der Waals surface area contributed by atoms with E-state index in [9.17, 15) is 9.59 Å². The van der Waals surface area contributed by atoms with Gasteiger partial charge in [0.25, 0.3) is 0 Å². The van der Waals surface area contributed by atoms with Gasteiger partial charge in [0.05, 0.1) is 0 Å². The Morgan fingerprint density at radius 2 is 1.67 bits per heavy atom. The minimum Gasteiger partial charge on any atom is -0.367 e. The van der Waals surface area contributed by atoms with Crippen LogP contribution in [0, 0.1) is 17.8 Å². The van der Waals surface area contributed by atoms with Gasteiger partial charge in [0, 0.05) is 43.1 Å². The van der Waals surface area contributed by atoms with Crippen molar-refractivity contribution in [2.24, 2.45) is 17.8 Å². The third kappa shape index (κ3) is 3.88. The second-order valence-corrected chi connectivity index (χ2v) is 9.23. The second kappa shape index (κ2) is 8.25. The molecule has 0 radical (unpaired) electrons. The van der Waals surface area contributed by atoms with Gasteiger partial charge in [0.2, 0.25) is 5.91 Å². The van der Waals surface area contributed by atoms with Crippen LogP contribution in [0.25, 0.3) is 0 Å². The summed E-state index contributed by atoms with van der Waals surface area (Å²) in [5.74, 6) is 0.803. The molecule has 0 aromatic heterocycles. The van der Waals surface area contributed by atoms with Crippen molar-refractivity contribution in [1.82, 2.24) is 5.32 Å². The highest BCUT2D eigenvalue weighted by molar-refractivity contribution is 5.88. The molecule has 0 spiro atoms. The summed E-state index contributed by atoms with van der Waals surface area (Å²) in [7, 11) is 0. The van der Waals surface area contributed by atoms with E-state index in [0.29, 0.717) is 12.3 Å². The molecule has 1 aliphatic heterocycles. The van der Waals surface area contributed by atoms with Crippen LogP contribution >= 0.6 is 0 Å². The molecule has 2 saturated carbocycles. The van der Waals surface area contributed by atoms with Gasteiger partial charge in [-0.2, -0.15) is 0 Å². The number of hydrogen-bond donors (Lipinski definition) is 1. The van der Waals surface area contributed by atoms with E-state index in [0.717, 1.165) is 57.2 Å². The van der Waals surface area contributed by atoms with Crippen LogP contribution in [0.1, 0.15) is 48.8 Å². The Balaban J connectivity index is 1.14. The molecule has 1 heterocycles. The summed E-state index contributed by atoms with van der Waals surface area (Å²) in [6.45, 7) is 2.55. The van der Waals surface area contributed by atoms with Crippen molar-refractivity contribution in [2.45, 2.75) is 51.6 Å². The van der Waals surface area contributed by atoms with E-state index in [4.69, 9.17) is 0 Å². The second-order valence-electron chi connectivity index (χ2n) is 9.23. The van der Waals surface area contributed by atoms with Gasteiger partial charge in [-0.1, -0.05) is 48.9 Å². The smallest absolute Gasteiger partial charge is 0.223 e. The van der Waals surface area contributed by atoms with E-state index in [1.807, 2.05) is 0 Å². The number of amides is 1. The lowest BCUT2D eigenvalue weighted by Gasteiger charge is -2.36. The first-order chi connectivity index (χ1) is 14.7. The zero-order chi connectivity index (χ0) is 20.5. The third-order valence-corrected chi connectivity index (χ3v) is 7.27. The van der Waals surface area contributed by atoms with Crippen LogP contribution < -0.4 is 10.2 Å². The summed E-state index contributed by atoms with van der Waals surface area (Å²) < 4.78 is 0. The minimum absolute atomic E-state index is 0.00695. The maximum atomic E-state index is 12.7. The van der Waals surface area contributed by atoms with Crippen molar-refractivity contribution in [1.29, 1.82) is 0 Å². The molecule has 2 fully saturated rings. The van der Waals surface area contributed by atoms with Crippen molar-refractivity contribution in [3.8, 4) is 0 Å². The van der Waals surface area contributed by atoms with E-state index < -0.39 is 0 Å². The molecule has 3 aliphatic rings. The largest absolute Gasteiger partial charge is 0.367 e. The highest BCUT2D eigenvalue weighted by atomic mass is 16.2. The van der Waals surface area contributed by atoms with E-state index in [-0.39, 0.29) is 23.7 Å². The number of carbonyl (C=O) groups is 2. The molecule has 2 aromatic carbocycles. The Morgan fingerprint density at radius 1 is 0.967 bits per heavy atom. The maximum absolute atomic E-state index is 12.7. The Hall–Kier alpha value is -2.62. The van der Waals surface area contributed by atoms with Crippen LogP contribution in [0.2, 0.25) is 0 Å². The van der Waals surface area contributed by atoms with Crippen molar-refractivity contribution >= 4 is 17.4 Å². The van der Waals surface area contributed by atoms with Gasteiger partial charge >= 0.3 is 0 Å². The fourth-order valence-electron chi connectivity index (χ4n) is 5.58. The molecule has 30 heavy (non-hydrogen) atoms. The Labute approximate surface area is 178 Å². The molecule has 2 aliphatic carbocycles. The number of hydrogen-bond acceptors (Lipinski definition) is 3. The fraction of sp³-hybridized carbons (Fsp3) is 0.462. The number of Topliss-reactive ketones (excluding diaryl/α,β-unsaturated/α-hetero) is 1. The van der Waals surface area contributed by atoms with Gasteiger partial charge in [0.15, 0.2) is 0 Å². The van der Waals surface area contributed by atoms with E-state index in [1.165, 1.54) is 16.8 Å². The molecule has 4 nitrogen and oxygen atoms in total. The fourth-order valence-corrected chi connectivity index (χ4v) is 5.58. The molecule has 5 rings (SSSR count). The predicted octanol–water partition coefficient (Wildman–Crippen LogP) is 4.26. The monoisotopic (exact) mass is 402 g/mol. The number of fused-ring (bicyclic) bond motifs is 3. The summed E-state index contributed by atoms with van der Waals surface area (Å²) in [5, 5.41) is 3.12. The standard InChI is InChI=1S/C26H30N2O2/c29-25-21-5-3-6-22(25)15-23(14-21)26(30)27-16-18-8-10-19(11-9-18)17-28-13-12-20-4-1-2-7-24(20)28/h1-2,4,7-11,21-23H,3,5-6,12-17H2,(H,27,30).